The van der Waals surface area contributed by atoms with E-state index in [4.69, 9.17) is 0 Å². The van der Waals surface area contributed by atoms with Gasteiger partial charge >= 0.3 is 0 Å². The van der Waals surface area contributed by atoms with Crippen molar-refractivity contribution < 1.29 is 9.59 Å². The number of nitrogens with one attached hydrogen (secondary N) is 1. The summed E-state index contributed by atoms with van der Waals surface area (Å²) in [7, 11) is 0. The highest BCUT2D eigenvalue weighted by Gasteiger charge is 2.38. The lowest BCUT2D eigenvalue weighted by Crippen LogP contribution is -2.32. The van der Waals surface area contributed by atoms with E-state index in [0.29, 0.717) is 17.8 Å². The number of imide groups is 1. The molecule has 27 heavy (non-hydrogen) atoms. The van der Waals surface area contributed by atoms with Gasteiger partial charge in [0.05, 0.1) is 5.57 Å². The molecule has 0 radical (unpaired) electrons. The molecule has 0 aromatic heterocycles. The Kier molecular flexibility index (Phi) is 4.24. The Morgan fingerprint density at radius 2 is 1.56 bits per heavy atom. The zero-order valence-electron chi connectivity index (χ0n) is 15.3. The maximum absolute atomic E-state index is 12.9. The highest BCUT2D eigenvalue weighted by atomic mass is 16.2. The van der Waals surface area contributed by atoms with Crippen molar-refractivity contribution in [3.05, 3.63) is 83.6 Å². The number of fused-ring (bicyclic) bond motifs is 1. The molecule has 1 aliphatic rings. The Morgan fingerprint density at radius 3 is 2.30 bits per heavy atom. The van der Waals surface area contributed by atoms with Crippen LogP contribution in [0.4, 0.5) is 5.69 Å². The molecule has 4 nitrogen and oxygen atoms in total. The molecule has 0 spiro atoms. The Balaban J connectivity index is 1.86. The van der Waals surface area contributed by atoms with Crippen molar-refractivity contribution in [1.29, 1.82) is 0 Å². The first kappa shape index (κ1) is 17.0. The van der Waals surface area contributed by atoms with Gasteiger partial charge in [-0.2, -0.15) is 0 Å². The second kappa shape index (κ2) is 6.72. The summed E-state index contributed by atoms with van der Waals surface area (Å²) in [6, 6.07) is 21.5. The van der Waals surface area contributed by atoms with Crippen LogP contribution >= 0.6 is 0 Å². The van der Waals surface area contributed by atoms with Crippen molar-refractivity contribution in [3.63, 3.8) is 0 Å². The predicted molar refractivity (Wildman–Crippen MR) is 108 cm³/mol. The lowest BCUT2D eigenvalue weighted by molar-refractivity contribution is -0.136. The third-order valence-electron chi connectivity index (χ3n) is 4.87. The normalized spacial score (nSPS) is 14.4. The molecular formula is C23H20N2O2. The van der Waals surface area contributed by atoms with Crippen LogP contribution in [-0.2, 0) is 9.59 Å². The molecule has 0 unspecified atom stereocenters. The fraction of sp³-hybridized carbons (Fsp3) is 0.130. The summed E-state index contributed by atoms with van der Waals surface area (Å²) in [5.41, 5.74) is 3.42. The number of likely N-dealkylation sites (N-methyl/N-ethyl adjacent to an activating group) is 1. The second-order valence-electron chi connectivity index (χ2n) is 6.62. The van der Waals surface area contributed by atoms with Gasteiger partial charge in [0.15, 0.2) is 0 Å². The van der Waals surface area contributed by atoms with Crippen LogP contribution in [0.1, 0.15) is 18.1 Å². The zero-order chi connectivity index (χ0) is 19.0. The number of benzene rings is 3. The number of carbonyl (C=O) groups excluding carboxylic acids is 2. The highest BCUT2D eigenvalue weighted by molar-refractivity contribution is 6.36. The van der Waals surface area contributed by atoms with E-state index in [2.05, 4.69) is 5.32 Å². The summed E-state index contributed by atoms with van der Waals surface area (Å²) in [5, 5.41) is 5.34. The first-order valence-electron chi connectivity index (χ1n) is 9.02. The molecular weight excluding hydrogens is 336 g/mol. The van der Waals surface area contributed by atoms with Crippen LogP contribution in [0, 0.1) is 6.92 Å². The van der Waals surface area contributed by atoms with E-state index in [-0.39, 0.29) is 11.8 Å². The van der Waals surface area contributed by atoms with Crippen molar-refractivity contribution >= 4 is 33.8 Å². The van der Waals surface area contributed by atoms with E-state index in [1.807, 2.05) is 80.6 Å². The molecule has 0 aliphatic carbocycles. The third-order valence-corrected chi connectivity index (χ3v) is 4.87. The first-order valence-corrected chi connectivity index (χ1v) is 9.02. The van der Waals surface area contributed by atoms with E-state index in [9.17, 15) is 9.59 Å². The van der Waals surface area contributed by atoms with Gasteiger partial charge in [-0.05, 0) is 30.9 Å². The number of hydrogen-bond donors (Lipinski definition) is 1. The molecule has 0 saturated carbocycles. The molecule has 0 saturated heterocycles. The zero-order valence-corrected chi connectivity index (χ0v) is 15.3. The van der Waals surface area contributed by atoms with Gasteiger partial charge in [0.1, 0.15) is 5.70 Å². The fourth-order valence-corrected chi connectivity index (χ4v) is 3.44. The fourth-order valence-electron chi connectivity index (χ4n) is 3.44. The van der Waals surface area contributed by atoms with Crippen LogP contribution in [0.3, 0.4) is 0 Å². The van der Waals surface area contributed by atoms with Crippen molar-refractivity contribution in [2.24, 2.45) is 0 Å². The Bertz CT molecular complexity index is 1080. The number of aryl methyl sites for hydroxylation is 1. The van der Waals surface area contributed by atoms with E-state index in [1.165, 1.54) is 4.90 Å². The topological polar surface area (TPSA) is 49.4 Å². The van der Waals surface area contributed by atoms with Crippen LogP contribution in [0.2, 0.25) is 0 Å². The van der Waals surface area contributed by atoms with E-state index in [1.54, 1.807) is 0 Å². The van der Waals surface area contributed by atoms with Crippen molar-refractivity contribution in [2.75, 3.05) is 11.9 Å². The summed E-state index contributed by atoms with van der Waals surface area (Å²) in [6.45, 7) is 4.14. The molecule has 1 aliphatic heterocycles. The largest absolute Gasteiger partial charge is 0.350 e. The first-order chi connectivity index (χ1) is 13.1. The highest BCUT2D eigenvalue weighted by Crippen LogP contribution is 2.32. The van der Waals surface area contributed by atoms with Crippen molar-refractivity contribution in [1.82, 2.24) is 4.90 Å². The molecule has 1 heterocycles. The van der Waals surface area contributed by atoms with E-state index >= 15 is 0 Å². The van der Waals surface area contributed by atoms with Gasteiger partial charge in [-0.25, -0.2) is 0 Å². The monoisotopic (exact) mass is 356 g/mol. The average molecular weight is 356 g/mol. The van der Waals surface area contributed by atoms with Gasteiger partial charge < -0.3 is 5.32 Å². The summed E-state index contributed by atoms with van der Waals surface area (Å²) in [5.74, 6) is -0.542. The molecule has 0 bridgehead atoms. The standard InChI is InChI=1S/C23H20N2O2/c1-3-25-22(26)20(17-13-11-15(2)12-14-17)21(23(25)27)24-19-10-6-8-16-7-4-5-9-18(16)19/h4-14,24H,3H2,1-2H3. The SMILES string of the molecule is CCN1C(=O)C(Nc2cccc3ccccc23)=C(c2ccc(C)cc2)C1=O. The van der Waals surface area contributed by atoms with Gasteiger partial charge in [-0.15, -0.1) is 0 Å². The van der Waals surface area contributed by atoms with Gasteiger partial charge in [0.2, 0.25) is 0 Å². The number of anilines is 1. The minimum atomic E-state index is -0.286. The van der Waals surface area contributed by atoms with Gasteiger partial charge in [0.25, 0.3) is 11.8 Å². The summed E-state index contributed by atoms with van der Waals surface area (Å²) >= 11 is 0. The van der Waals surface area contributed by atoms with Gasteiger partial charge in [0, 0.05) is 17.6 Å². The van der Waals surface area contributed by atoms with Crippen LogP contribution in [0.5, 0.6) is 0 Å². The predicted octanol–water partition coefficient (Wildman–Crippen LogP) is 4.36. The maximum atomic E-state index is 12.9. The lowest BCUT2D eigenvalue weighted by atomic mass is 10.0. The number of rotatable bonds is 4. The summed E-state index contributed by atoms with van der Waals surface area (Å²) < 4.78 is 0. The van der Waals surface area contributed by atoms with Crippen LogP contribution < -0.4 is 5.32 Å². The Hall–Kier alpha value is -3.40. The molecule has 0 fully saturated rings. The molecule has 134 valence electrons. The smallest absolute Gasteiger partial charge is 0.278 e. The quantitative estimate of drug-likeness (QED) is 0.707. The number of hydrogen-bond acceptors (Lipinski definition) is 3. The Labute approximate surface area is 158 Å². The van der Waals surface area contributed by atoms with Gasteiger partial charge in [-0.3, -0.25) is 14.5 Å². The molecule has 4 rings (SSSR count). The molecule has 3 aromatic rings. The molecule has 4 heteroatoms. The van der Waals surface area contributed by atoms with Gasteiger partial charge in [-0.1, -0.05) is 66.2 Å². The van der Waals surface area contributed by atoms with Crippen LogP contribution in [0.15, 0.2) is 72.4 Å². The average Bonchev–Trinajstić information content (AvgIpc) is 2.92. The van der Waals surface area contributed by atoms with E-state index < -0.39 is 0 Å². The molecule has 0 atom stereocenters. The minimum absolute atomic E-state index is 0.255. The van der Waals surface area contributed by atoms with E-state index in [0.717, 1.165) is 27.6 Å². The molecule has 3 aromatic carbocycles. The second-order valence-corrected chi connectivity index (χ2v) is 6.62. The van der Waals surface area contributed by atoms with Crippen LogP contribution in [-0.4, -0.2) is 23.3 Å². The van der Waals surface area contributed by atoms with Crippen molar-refractivity contribution in [2.45, 2.75) is 13.8 Å². The number of carbonyl (C=O) groups is 2. The summed E-state index contributed by atoms with van der Waals surface area (Å²) in [4.78, 5) is 27.1. The van der Waals surface area contributed by atoms with Crippen molar-refractivity contribution in [3.8, 4) is 0 Å². The third kappa shape index (κ3) is 2.89. The Morgan fingerprint density at radius 1 is 0.852 bits per heavy atom. The molecule has 1 N–H and O–H groups in total. The molecule has 2 amide bonds. The number of nitrogens with zero attached hydrogens (tertiary/aromatic N) is 1. The number of amides is 2. The maximum Gasteiger partial charge on any atom is 0.278 e. The van der Waals surface area contributed by atoms with Crippen LogP contribution in [0.25, 0.3) is 16.3 Å². The lowest BCUT2D eigenvalue weighted by Gasteiger charge is -2.13. The summed E-state index contributed by atoms with van der Waals surface area (Å²) in [6.07, 6.45) is 0. The minimum Gasteiger partial charge on any atom is -0.350 e.